The first kappa shape index (κ1) is 18.3. The van der Waals surface area contributed by atoms with E-state index in [0.29, 0.717) is 18.4 Å². The van der Waals surface area contributed by atoms with E-state index in [1.807, 2.05) is 0 Å². The highest BCUT2D eigenvalue weighted by Crippen LogP contribution is 2.33. The Hall–Kier alpha value is -3.48. The van der Waals surface area contributed by atoms with Gasteiger partial charge in [0, 0.05) is 17.6 Å². The van der Waals surface area contributed by atoms with Crippen molar-refractivity contribution in [3.8, 4) is 5.75 Å². The number of Topliss-reactive ketones (excluding diaryl/α,β-unsaturated/α-hetero) is 1. The average Bonchev–Trinajstić information content (AvgIpc) is 2.64. The SMILES string of the molecule is COC(=O)OC1=C(C(=O)c2ccc(C(=O)c3ccccc3F)c(O)c2)CC1. The second-order valence-electron chi connectivity index (χ2n) is 5.83. The summed E-state index contributed by atoms with van der Waals surface area (Å²) in [6.45, 7) is 0. The molecule has 27 heavy (non-hydrogen) atoms. The highest BCUT2D eigenvalue weighted by atomic mass is 19.1. The fourth-order valence-electron chi connectivity index (χ4n) is 2.68. The van der Waals surface area contributed by atoms with Crippen molar-refractivity contribution >= 4 is 17.7 Å². The van der Waals surface area contributed by atoms with E-state index < -0.39 is 29.3 Å². The van der Waals surface area contributed by atoms with Gasteiger partial charge in [-0.15, -0.1) is 0 Å². The van der Waals surface area contributed by atoms with E-state index in [9.17, 15) is 23.9 Å². The molecule has 138 valence electrons. The minimum atomic E-state index is -0.913. The van der Waals surface area contributed by atoms with Crippen LogP contribution in [0.15, 0.2) is 53.8 Å². The first-order chi connectivity index (χ1) is 12.9. The highest BCUT2D eigenvalue weighted by molar-refractivity contribution is 6.13. The third kappa shape index (κ3) is 3.57. The fourth-order valence-corrected chi connectivity index (χ4v) is 2.68. The van der Waals surface area contributed by atoms with Gasteiger partial charge in [-0.3, -0.25) is 9.59 Å². The van der Waals surface area contributed by atoms with Crippen LogP contribution in [-0.2, 0) is 9.47 Å². The molecule has 0 saturated heterocycles. The maximum atomic E-state index is 13.8. The Kier molecular flexibility index (Phi) is 5.03. The predicted molar refractivity (Wildman–Crippen MR) is 92.0 cm³/mol. The first-order valence-electron chi connectivity index (χ1n) is 8.07. The summed E-state index contributed by atoms with van der Waals surface area (Å²) in [6, 6.07) is 9.18. The number of carbonyl (C=O) groups excluding carboxylic acids is 3. The predicted octanol–water partition coefficient (Wildman–Crippen LogP) is 3.78. The molecule has 0 amide bonds. The maximum Gasteiger partial charge on any atom is 0.513 e. The third-order valence-corrected chi connectivity index (χ3v) is 4.21. The largest absolute Gasteiger partial charge is 0.513 e. The molecule has 3 rings (SSSR count). The monoisotopic (exact) mass is 370 g/mol. The number of ether oxygens (including phenoxy) is 2. The van der Waals surface area contributed by atoms with Crippen molar-refractivity contribution in [3.05, 3.63) is 76.3 Å². The standard InChI is InChI=1S/C20H15FO6/c1-26-20(25)27-17-9-8-14(17)18(23)11-6-7-13(16(22)10-11)19(24)12-4-2-3-5-15(12)21/h2-7,10,22H,8-9H2,1H3. The van der Waals surface area contributed by atoms with Gasteiger partial charge in [-0.1, -0.05) is 18.2 Å². The number of rotatable bonds is 5. The minimum Gasteiger partial charge on any atom is -0.507 e. The van der Waals surface area contributed by atoms with Gasteiger partial charge in [-0.25, -0.2) is 9.18 Å². The average molecular weight is 370 g/mol. The van der Waals surface area contributed by atoms with Crippen LogP contribution >= 0.6 is 0 Å². The van der Waals surface area contributed by atoms with Crippen LogP contribution < -0.4 is 0 Å². The molecule has 0 fully saturated rings. The van der Waals surface area contributed by atoms with Crippen LogP contribution in [0.4, 0.5) is 9.18 Å². The van der Waals surface area contributed by atoms with E-state index in [2.05, 4.69) is 4.74 Å². The number of methoxy groups -OCH3 is 1. The number of aromatic hydroxyl groups is 1. The van der Waals surface area contributed by atoms with E-state index in [1.165, 1.54) is 30.3 Å². The van der Waals surface area contributed by atoms with Crippen molar-refractivity contribution in [2.24, 2.45) is 0 Å². The van der Waals surface area contributed by atoms with Crippen LogP contribution in [0.25, 0.3) is 0 Å². The zero-order valence-electron chi connectivity index (χ0n) is 14.3. The van der Waals surface area contributed by atoms with E-state index >= 15 is 0 Å². The summed E-state index contributed by atoms with van der Waals surface area (Å²) in [5, 5.41) is 10.2. The van der Waals surface area contributed by atoms with Crippen molar-refractivity contribution in [3.63, 3.8) is 0 Å². The van der Waals surface area contributed by atoms with E-state index in [1.54, 1.807) is 0 Å². The van der Waals surface area contributed by atoms with Gasteiger partial charge < -0.3 is 14.6 Å². The lowest BCUT2D eigenvalue weighted by Crippen LogP contribution is -2.19. The molecule has 2 aromatic carbocycles. The quantitative estimate of drug-likeness (QED) is 0.636. The molecule has 1 aliphatic carbocycles. The lowest BCUT2D eigenvalue weighted by Gasteiger charge is -2.21. The van der Waals surface area contributed by atoms with Crippen molar-refractivity contribution in [1.82, 2.24) is 0 Å². The Bertz CT molecular complexity index is 976. The van der Waals surface area contributed by atoms with Gasteiger partial charge in [0.05, 0.1) is 18.2 Å². The number of halogens is 1. The molecule has 0 saturated carbocycles. The first-order valence-corrected chi connectivity index (χ1v) is 8.07. The molecule has 0 aromatic heterocycles. The molecule has 0 aliphatic heterocycles. The van der Waals surface area contributed by atoms with Gasteiger partial charge >= 0.3 is 6.16 Å². The molecule has 0 unspecified atom stereocenters. The molecule has 0 atom stereocenters. The summed E-state index contributed by atoms with van der Waals surface area (Å²) in [6.07, 6.45) is -0.0721. The number of phenols is 1. The summed E-state index contributed by atoms with van der Waals surface area (Å²) in [5.41, 5.74) is 0.124. The molecule has 2 aromatic rings. The van der Waals surface area contributed by atoms with Crippen molar-refractivity contribution < 1.29 is 33.4 Å². The van der Waals surface area contributed by atoms with E-state index in [-0.39, 0.29) is 22.4 Å². The van der Waals surface area contributed by atoms with Crippen LogP contribution in [0.2, 0.25) is 0 Å². The lowest BCUT2D eigenvalue weighted by molar-refractivity contribution is 0.0867. The normalized spacial score (nSPS) is 13.0. The van der Waals surface area contributed by atoms with E-state index in [0.717, 1.165) is 19.2 Å². The highest BCUT2D eigenvalue weighted by Gasteiger charge is 2.29. The summed E-state index contributed by atoms with van der Waals surface area (Å²) >= 11 is 0. The van der Waals surface area contributed by atoms with E-state index in [4.69, 9.17) is 4.74 Å². The number of phenolic OH excluding ortho intramolecular Hbond substituents is 1. The zero-order valence-corrected chi connectivity index (χ0v) is 14.3. The number of benzene rings is 2. The molecule has 1 N–H and O–H groups in total. The van der Waals surface area contributed by atoms with Crippen molar-refractivity contribution in [2.75, 3.05) is 7.11 Å². The Balaban J connectivity index is 1.86. The van der Waals surface area contributed by atoms with Crippen molar-refractivity contribution in [1.29, 1.82) is 0 Å². The molecule has 0 bridgehead atoms. The number of ketones is 2. The second kappa shape index (κ2) is 7.41. The number of hydrogen-bond donors (Lipinski definition) is 1. The van der Waals surface area contributed by atoms with Gasteiger partial charge in [0.15, 0.2) is 11.6 Å². The Labute approximate surface area is 153 Å². The van der Waals surface area contributed by atoms with Crippen LogP contribution in [-0.4, -0.2) is 29.9 Å². The molecule has 0 heterocycles. The molecular weight excluding hydrogens is 355 g/mol. The smallest absolute Gasteiger partial charge is 0.507 e. The molecule has 7 heteroatoms. The zero-order chi connectivity index (χ0) is 19.6. The lowest BCUT2D eigenvalue weighted by atomic mass is 9.88. The fraction of sp³-hybridized carbons (Fsp3) is 0.150. The van der Waals surface area contributed by atoms with Crippen molar-refractivity contribution in [2.45, 2.75) is 12.8 Å². The molecule has 1 aliphatic rings. The summed E-state index contributed by atoms with van der Waals surface area (Å²) in [7, 11) is 1.16. The van der Waals surface area contributed by atoms with Gasteiger partial charge in [0.2, 0.25) is 0 Å². The molecular formula is C20H15FO6. The molecule has 6 nitrogen and oxygen atoms in total. The second-order valence-corrected chi connectivity index (χ2v) is 5.83. The summed E-state index contributed by atoms with van der Waals surface area (Å²) in [4.78, 5) is 36.1. The topological polar surface area (TPSA) is 89.9 Å². The number of allylic oxidation sites excluding steroid dienone is 2. The summed E-state index contributed by atoms with van der Waals surface area (Å²) < 4.78 is 23.1. The van der Waals surface area contributed by atoms with Gasteiger partial charge in [-0.05, 0) is 30.7 Å². The Morgan fingerprint density at radius 1 is 1.00 bits per heavy atom. The minimum absolute atomic E-state index is 0.120. The third-order valence-electron chi connectivity index (χ3n) is 4.21. The molecule has 0 radical (unpaired) electrons. The number of hydrogen-bond acceptors (Lipinski definition) is 6. The van der Waals surface area contributed by atoms with Crippen LogP contribution in [0.1, 0.15) is 39.1 Å². The van der Waals surface area contributed by atoms with Crippen LogP contribution in [0.5, 0.6) is 5.75 Å². The van der Waals surface area contributed by atoms with Gasteiger partial charge in [-0.2, -0.15) is 0 Å². The summed E-state index contributed by atoms with van der Waals surface area (Å²) in [5.74, 6) is -2.05. The maximum absolute atomic E-state index is 13.8. The Morgan fingerprint density at radius 3 is 2.33 bits per heavy atom. The Morgan fingerprint density at radius 2 is 1.74 bits per heavy atom. The molecule has 0 spiro atoms. The van der Waals surface area contributed by atoms with Gasteiger partial charge in [0.25, 0.3) is 0 Å². The number of carbonyl (C=O) groups is 3. The van der Waals surface area contributed by atoms with Crippen LogP contribution in [0.3, 0.4) is 0 Å². The van der Waals surface area contributed by atoms with Crippen LogP contribution in [0, 0.1) is 5.82 Å². The van der Waals surface area contributed by atoms with Gasteiger partial charge in [0.1, 0.15) is 17.3 Å².